The summed E-state index contributed by atoms with van der Waals surface area (Å²) in [5.74, 6) is -1.07. The monoisotopic (exact) mass is 152 g/mol. The van der Waals surface area contributed by atoms with Gasteiger partial charge in [0, 0.05) is 0 Å². The van der Waals surface area contributed by atoms with Crippen LogP contribution in [0.1, 0.15) is 26.2 Å². The minimum Gasteiger partial charge on any atom is -0.171 e. The van der Waals surface area contributed by atoms with E-state index in [0.717, 1.165) is 6.42 Å². The maximum Gasteiger partial charge on any atom is 0.392 e. The van der Waals surface area contributed by atoms with Crippen molar-refractivity contribution in [1.29, 1.82) is 0 Å². The van der Waals surface area contributed by atoms with Gasteiger partial charge in [-0.3, -0.25) is 0 Å². The summed E-state index contributed by atoms with van der Waals surface area (Å²) in [4.78, 5) is 0. The maximum atomic E-state index is 11.9. The van der Waals surface area contributed by atoms with E-state index in [2.05, 4.69) is 0 Å². The Morgan fingerprint density at radius 1 is 1.30 bits per heavy atom. The molecule has 1 aliphatic carbocycles. The fourth-order valence-electron chi connectivity index (χ4n) is 1.49. The van der Waals surface area contributed by atoms with Crippen LogP contribution in [0.5, 0.6) is 0 Å². The Balaban J connectivity index is 2.43. The Hall–Kier alpha value is -0.210. The quantitative estimate of drug-likeness (QED) is 0.541. The van der Waals surface area contributed by atoms with Crippen LogP contribution in [0.25, 0.3) is 0 Å². The van der Waals surface area contributed by atoms with E-state index in [1.54, 1.807) is 0 Å². The first-order valence-electron chi connectivity index (χ1n) is 3.62. The molecule has 0 N–H and O–H groups in total. The first kappa shape index (κ1) is 7.89. The lowest BCUT2D eigenvalue weighted by Gasteiger charge is -2.37. The molecule has 0 aromatic rings. The molecule has 0 heterocycles. The van der Waals surface area contributed by atoms with Crippen LogP contribution in [0, 0.1) is 11.8 Å². The zero-order valence-corrected chi connectivity index (χ0v) is 5.91. The number of hydrogen-bond donors (Lipinski definition) is 0. The molecule has 1 fully saturated rings. The van der Waals surface area contributed by atoms with E-state index in [4.69, 9.17) is 0 Å². The van der Waals surface area contributed by atoms with Crippen molar-refractivity contribution in [2.45, 2.75) is 32.4 Å². The van der Waals surface area contributed by atoms with Gasteiger partial charge in [0.05, 0.1) is 5.92 Å². The van der Waals surface area contributed by atoms with Gasteiger partial charge in [-0.25, -0.2) is 0 Å². The van der Waals surface area contributed by atoms with E-state index in [0.29, 0.717) is 12.8 Å². The summed E-state index contributed by atoms with van der Waals surface area (Å²) in [5, 5.41) is 0. The lowest BCUT2D eigenvalue weighted by atomic mass is 9.72. The van der Waals surface area contributed by atoms with E-state index >= 15 is 0 Å². The van der Waals surface area contributed by atoms with Crippen molar-refractivity contribution in [3.8, 4) is 0 Å². The fourth-order valence-corrected chi connectivity index (χ4v) is 1.49. The topological polar surface area (TPSA) is 0 Å². The van der Waals surface area contributed by atoms with Crippen LogP contribution in [-0.2, 0) is 0 Å². The summed E-state index contributed by atoms with van der Waals surface area (Å²) in [6.07, 6.45) is -2.15. The van der Waals surface area contributed by atoms with Crippen LogP contribution in [0.2, 0.25) is 0 Å². The molecule has 0 spiro atoms. The van der Waals surface area contributed by atoms with Crippen molar-refractivity contribution in [2.75, 3.05) is 0 Å². The van der Waals surface area contributed by atoms with Gasteiger partial charge >= 0.3 is 6.18 Å². The van der Waals surface area contributed by atoms with Gasteiger partial charge in [-0.05, 0) is 18.8 Å². The van der Waals surface area contributed by atoms with Gasteiger partial charge in [0.1, 0.15) is 0 Å². The summed E-state index contributed by atoms with van der Waals surface area (Å²) in [6.45, 7) is 1.82. The van der Waals surface area contributed by atoms with Crippen molar-refractivity contribution in [1.82, 2.24) is 0 Å². The van der Waals surface area contributed by atoms with Crippen LogP contribution < -0.4 is 0 Å². The Morgan fingerprint density at radius 3 is 2.00 bits per heavy atom. The molecule has 0 radical (unpaired) electrons. The van der Waals surface area contributed by atoms with E-state index in [1.807, 2.05) is 6.92 Å². The van der Waals surface area contributed by atoms with Crippen molar-refractivity contribution in [2.24, 2.45) is 11.8 Å². The van der Waals surface area contributed by atoms with Crippen molar-refractivity contribution in [3.63, 3.8) is 0 Å². The highest BCUT2D eigenvalue weighted by molar-refractivity contribution is 4.84. The molecule has 3 heteroatoms. The van der Waals surface area contributed by atoms with Crippen LogP contribution in [0.3, 0.4) is 0 Å². The van der Waals surface area contributed by atoms with Crippen molar-refractivity contribution < 1.29 is 13.2 Å². The van der Waals surface area contributed by atoms with Gasteiger partial charge in [0.25, 0.3) is 0 Å². The molecule has 0 bridgehead atoms. The molecule has 1 aliphatic rings. The van der Waals surface area contributed by atoms with Gasteiger partial charge < -0.3 is 0 Å². The fraction of sp³-hybridized carbons (Fsp3) is 1.00. The lowest BCUT2D eigenvalue weighted by Crippen LogP contribution is -2.37. The highest BCUT2D eigenvalue weighted by atomic mass is 19.4. The molecule has 0 aliphatic heterocycles. The van der Waals surface area contributed by atoms with Gasteiger partial charge in [-0.15, -0.1) is 0 Å². The normalized spacial score (nSPS) is 33.6. The summed E-state index contributed by atoms with van der Waals surface area (Å²) < 4.78 is 35.8. The van der Waals surface area contributed by atoms with Crippen LogP contribution in [-0.4, -0.2) is 6.18 Å². The van der Waals surface area contributed by atoms with E-state index in [1.165, 1.54) is 0 Å². The lowest BCUT2D eigenvalue weighted by molar-refractivity contribution is -0.213. The van der Waals surface area contributed by atoms with Gasteiger partial charge in [-0.2, -0.15) is 13.2 Å². The summed E-state index contributed by atoms with van der Waals surface area (Å²) in [7, 11) is 0. The highest BCUT2D eigenvalue weighted by Gasteiger charge is 2.48. The summed E-state index contributed by atoms with van der Waals surface area (Å²) in [6, 6.07) is 0. The standard InChI is InChI=1S/C7H11F3/c1-2-5-3-4-6(5)7(8,9)10/h5-6H,2-4H2,1H3. The third-order valence-electron chi connectivity index (χ3n) is 2.36. The van der Waals surface area contributed by atoms with E-state index in [-0.39, 0.29) is 5.92 Å². The average molecular weight is 152 g/mol. The summed E-state index contributed by atoms with van der Waals surface area (Å²) >= 11 is 0. The zero-order valence-electron chi connectivity index (χ0n) is 5.91. The number of halogens is 3. The second kappa shape index (κ2) is 2.44. The number of rotatable bonds is 1. The van der Waals surface area contributed by atoms with Gasteiger partial charge in [-0.1, -0.05) is 13.3 Å². The smallest absolute Gasteiger partial charge is 0.171 e. The van der Waals surface area contributed by atoms with Gasteiger partial charge in [0.2, 0.25) is 0 Å². The number of hydrogen-bond acceptors (Lipinski definition) is 0. The highest BCUT2D eigenvalue weighted by Crippen LogP contribution is 2.46. The second-order valence-corrected chi connectivity index (χ2v) is 2.89. The van der Waals surface area contributed by atoms with Crippen molar-refractivity contribution >= 4 is 0 Å². The van der Waals surface area contributed by atoms with E-state index in [9.17, 15) is 13.2 Å². The average Bonchev–Trinajstić information content (AvgIpc) is 1.57. The van der Waals surface area contributed by atoms with E-state index < -0.39 is 12.1 Å². The molecule has 2 unspecified atom stereocenters. The zero-order chi connectivity index (χ0) is 7.78. The third kappa shape index (κ3) is 1.27. The Bertz CT molecular complexity index is 115. The molecular formula is C7H11F3. The Kier molecular flexibility index (Phi) is 1.92. The number of alkyl halides is 3. The third-order valence-corrected chi connectivity index (χ3v) is 2.36. The molecule has 0 aromatic carbocycles. The van der Waals surface area contributed by atoms with Crippen LogP contribution >= 0.6 is 0 Å². The minimum absolute atomic E-state index is 0.0833. The molecule has 1 saturated carbocycles. The first-order chi connectivity index (χ1) is 4.55. The van der Waals surface area contributed by atoms with Gasteiger partial charge in [0.15, 0.2) is 0 Å². The molecule has 10 heavy (non-hydrogen) atoms. The molecule has 1 rings (SSSR count). The molecular weight excluding hydrogens is 141 g/mol. The molecule has 0 amide bonds. The predicted octanol–water partition coefficient (Wildman–Crippen LogP) is 2.98. The second-order valence-electron chi connectivity index (χ2n) is 2.89. The van der Waals surface area contributed by atoms with Crippen molar-refractivity contribution in [3.05, 3.63) is 0 Å². The Labute approximate surface area is 58.4 Å². The SMILES string of the molecule is CCC1CCC1C(F)(F)F. The largest absolute Gasteiger partial charge is 0.392 e. The Morgan fingerprint density at radius 2 is 1.90 bits per heavy atom. The molecule has 0 saturated heterocycles. The van der Waals surface area contributed by atoms with Crippen LogP contribution in [0.15, 0.2) is 0 Å². The molecule has 0 aromatic heterocycles. The van der Waals surface area contributed by atoms with Crippen LogP contribution in [0.4, 0.5) is 13.2 Å². The molecule has 60 valence electrons. The maximum absolute atomic E-state index is 11.9. The molecule has 0 nitrogen and oxygen atoms in total. The predicted molar refractivity (Wildman–Crippen MR) is 32.6 cm³/mol. The minimum atomic E-state index is -3.93. The molecule has 2 atom stereocenters. The first-order valence-corrected chi connectivity index (χ1v) is 3.62. The summed E-state index contributed by atoms with van der Waals surface area (Å²) in [5.41, 5.74) is 0.